The number of nitrogens with zero attached hydrogens (tertiary/aromatic N) is 2. The van der Waals surface area contributed by atoms with Crippen LogP contribution in [-0.4, -0.2) is 29.8 Å². The molecule has 3 heterocycles. The van der Waals surface area contributed by atoms with Gasteiger partial charge in [0.05, 0.1) is 5.69 Å². The summed E-state index contributed by atoms with van der Waals surface area (Å²) in [6.45, 7) is 0.528. The van der Waals surface area contributed by atoms with Gasteiger partial charge in [-0.25, -0.2) is 21.6 Å². The number of sulfonamides is 1. The third-order valence-electron chi connectivity index (χ3n) is 6.62. The van der Waals surface area contributed by atoms with Gasteiger partial charge in [-0.05, 0) is 67.0 Å². The van der Waals surface area contributed by atoms with E-state index in [1.54, 1.807) is 6.07 Å². The van der Waals surface area contributed by atoms with Gasteiger partial charge in [0.15, 0.2) is 16.5 Å². The molecule has 5 rings (SSSR count). The third-order valence-corrected chi connectivity index (χ3v) is 8.57. The van der Waals surface area contributed by atoms with E-state index in [2.05, 4.69) is 19.3 Å². The maximum absolute atomic E-state index is 15.2. The Morgan fingerprint density at radius 3 is 2.41 bits per heavy atom. The minimum absolute atomic E-state index is 0.0333. The highest BCUT2D eigenvalue weighted by molar-refractivity contribution is 7.92. The lowest BCUT2D eigenvalue weighted by Crippen LogP contribution is -2.28. The fourth-order valence-corrected chi connectivity index (χ4v) is 6.67. The molecule has 0 amide bonds. The van der Waals surface area contributed by atoms with Gasteiger partial charge in [-0.1, -0.05) is 12.1 Å². The first kappa shape index (κ1) is 23.1. The van der Waals surface area contributed by atoms with Crippen molar-refractivity contribution in [1.29, 1.82) is 0 Å². The molecule has 2 aliphatic rings. The quantitative estimate of drug-likeness (QED) is 0.443. The highest BCUT2D eigenvalue weighted by Crippen LogP contribution is 2.39. The van der Waals surface area contributed by atoms with E-state index in [1.807, 2.05) is 6.07 Å². The van der Waals surface area contributed by atoms with Crippen molar-refractivity contribution in [3.05, 3.63) is 70.4 Å². The van der Waals surface area contributed by atoms with E-state index in [1.165, 1.54) is 17.5 Å². The molecule has 11 heteroatoms. The van der Waals surface area contributed by atoms with Crippen molar-refractivity contribution in [2.45, 2.75) is 55.8 Å². The van der Waals surface area contributed by atoms with Crippen LogP contribution in [0.4, 0.5) is 24.7 Å². The molecule has 6 nitrogen and oxygen atoms in total. The summed E-state index contributed by atoms with van der Waals surface area (Å²) < 4.78 is 75.4. The van der Waals surface area contributed by atoms with Crippen LogP contribution < -0.4 is 10.0 Å². The molecule has 0 atom stereocenters. The summed E-state index contributed by atoms with van der Waals surface area (Å²) in [6.07, 6.45) is 4.61. The van der Waals surface area contributed by atoms with Crippen LogP contribution >= 0.6 is 11.5 Å². The van der Waals surface area contributed by atoms with E-state index in [-0.39, 0.29) is 18.1 Å². The zero-order valence-corrected chi connectivity index (χ0v) is 19.7. The van der Waals surface area contributed by atoms with Gasteiger partial charge in [-0.15, -0.1) is 0 Å². The van der Waals surface area contributed by atoms with E-state index in [0.29, 0.717) is 24.2 Å². The van der Waals surface area contributed by atoms with Crippen LogP contribution in [0.15, 0.2) is 46.7 Å². The highest BCUT2D eigenvalue weighted by atomic mass is 32.2. The third kappa shape index (κ3) is 4.39. The zero-order chi connectivity index (χ0) is 23.9. The summed E-state index contributed by atoms with van der Waals surface area (Å²) >= 11 is 0.995. The molecule has 3 aromatic rings. The Morgan fingerprint density at radius 1 is 1.00 bits per heavy atom. The Balaban J connectivity index is 1.38. The van der Waals surface area contributed by atoms with Crippen LogP contribution in [0.3, 0.4) is 0 Å². The van der Waals surface area contributed by atoms with Gasteiger partial charge in [0.1, 0.15) is 11.6 Å². The van der Waals surface area contributed by atoms with Crippen molar-refractivity contribution in [3.8, 4) is 0 Å². The monoisotopic (exact) mass is 508 g/mol. The second kappa shape index (κ2) is 9.20. The lowest BCUT2D eigenvalue weighted by Gasteiger charge is -2.23. The number of anilines is 2. The van der Waals surface area contributed by atoms with Gasteiger partial charge in [0.2, 0.25) is 0 Å². The van der Waals surface area contributed by atoms with E-state index in [9.17, 15) is 17.2 Å². The molecule has 0 spiro atoms. The van der Waals surface area contributed by atoms with Crippen LogP contribution in [0.25, 0.3) is 0 Å². The predicted molar refractivity (Wildman–Crippen MR) is 125 cm³/mol. The molecule has 2 aromatic carbocycles. The van der Waals surface area contributed by atoms with Crippen LogP contribution in [0.5, 0.6) is 0 Å². The fraction of sp³-hybridized carbons (Fsp3) is 0.348. The summed E-state index contributed by atoms with van der Waals surface area (Å²) in [4.78, 5) is 1.29. The first-order valence-electron chi connectivity index (χ1n) is 11.0. The van der Waals surface area contributed by atoms with Crippen molar-refractivity contribution in [1.82, 2.24) is 9.27 Å². The van der Waals surface area contributed by atoms with Gasteiger partial charge in [-0.3, -0.25) is 9.62 Å². The summed E-state index contributed by atoms with van der Waals surface area (Å²) in [5, 5.41) is 4.30. The standard InChI is InChI=1S/C23H23F3N4O2S2/c24-18-3-1-2-14(13-30-15-4-5-16(30)7-6-15)17(18)12-27-20-9-8-19(25)23(22(20)26)34(31,32)29-21-10-11-33-28-21/h1-3,8-11,15-16,27H,4-7,12-13H2,(H,28,29). The Hall–Kier alpha value is -2.63. The molecule has 1 aromatic heterocycles. The first-order chi connectivity index (χ1) is 16.3. The molecule has 180 valence electrons. The van der Waals surface area contributed by atoms with Crippen LogP contribution in [-0.2, 0) is 23.1 Å². The molecule has 2 aliphatic heterocycles. The van der Waals surface area contributed by atoms with Crippen LogP contribution in [0, 0.1) is 17.5 Å². The Bertz CT molecular complexity index is 1280. The van der Waals surface area contributed by atoms with Crippen molar-refractivity contribution in [3.63, 3.8) is 0 Å². The van der Waals surface area contributed by atoms with Crippen molar-refractivity contribution in [2.75, 3.05) is 10.0 Å². The Kier molecular flexibility index (Phi) is 6.26. The molecular formula is C23H23F3N4O2S2. The minimum atomic E-state index is -4.56. The van der Waals surface area contributed by atoms with Crippen molar-refractivity contribution < 1.29 is 21.6 Å². The highest BCUT2D eigenvalue weighted by Gasteiger charge is 2.39. The average molecular weight is 509 g/mol. The lowest BCUT2D eigenvalue weighted by molar-refractivity contribution is 0.243. The Labute approximate surface area is 200 Å². The number of nitrogens with one attached hydrogen (secondary N) is 2. The van der Waals surface area contributed by atoms with Crippen molar-refractivity contribution >= 4 is 33.1 Å². The first-order valence-corrected chi connectivity index (χ1v) is 13.3. The number of benzene rings is 2. The smallest absolute Gasteiger partial charge is 0.269 e. The largest absolute Gasteiger partial charge is 0.378 e. The molecule has 0 radical (unpaired) electrons. The second-order valence-electron chi connectivity index (χ2n) is 8.59. The van der Waals surface area contributed by atoms with Crippen molar-refractivity contribution in [2.24, 2.45) is 0 Å². The molecular weight excluding hydrogens is 485 g/mol. The SMILES string of the molecule is O=S(=O)(Nc1ccsn1)c1c(F)ccc(NCc2c(F)cccc2CN2C3CCC2CC3)c1F. The molecule has 0 aliphatic carbocycles. The van der Waals surface area contributed by atoms with E-state index in [4.69, 9.17) is 0 Å². The Morgan fingerprint density at radius 2 is 1.74 bits per heavy atom. The van der Waals surface area contributed by atoms with Gasteiger partial charge < -0.3 is 5.32 Å². The summed E-state index contributed by atoms with van der Waals surface area (Å²) in [5.74, 6) is -2.98. The number of halogens is 3. The van der Waals surface area contributed by atoms with E-state index in [0.717, 1.165) is 54.9 Å². The maximum atomic E-state index is 15.2. The lowest BCUT2D eigenvalue weighted by atomic mass is 10.0. The number of fused-ring (bicyclic) bond motifs is 2. The van der Waals surface area contributed by atoms with E-state index >= 15 is 4.39 Å². The van der Waals surface area contributed by atoms with Crippen LogP contribution in [0.1, 0.15) is 36.8 Å². The zero-order valence-electron chi connectivity index (χ0n) is 18.1. The molecule has 0 unspecified atom stereocenters. The fourth-order valence-electron chi connectivity index (χ4n) is 4.98. The molecule has 0 saturated carbocycles. The number of hydrogen-bond acceptors (Lipinski definition) is 6. The summed E-state index contributed by atoms with van der Waals surface area (Å²) in [5.41, 5.74) is 0.935. The predicted octanol–water partition coefficient (Wildman–Crippen LogP) is 5.10. The second-order valence-corrected chi connectivity index (χ2v) is 10.9. The topological polar surface area (TPSA) is 74.3 Å². The molecule has 2 N–H and O–H groups in total. The number of rotatable bonds is 8. The normalized spacial score (nSPS) is 20.1. The minimum Gasteiger partial charge on any atom is -0.378 e. The molecule has 2 bridgehead atoms. The maximum Gasteiger partial charge on any atom is 0.269 e. The number of hydrogen-bond donors (Lipinski definition) is 2. The van der Waals surface area contributed by atoms with E-state index < -0.39 is 32.4 Å². The molecule has 34 heavy (non-hydrogen) atoms. The van der Waals surface area contributed by atoms with Gasteiger partial charge >= 0.3 is 0 Å². The number of aromatic nitrogens is 1. The molecule has 2 saturated heterocycles. The van der Waals surface area contributed by atoms with Gasteiger partial charge in [0, 0.05) is 36.1 Å². The van der Waals surface area contributed by atoms with Gasteiger partial charge in [-0.2, -0.15) is 4.37 Å². The summed E-state index contributed by atoms with van der Waals surface area (Å²) in [7, 11) is -4.56. The van der Waals surface area contributed by atoms with Gasteiger partial charge in [0.25, 0.3) is 10.0 Å². The average Bonchev–Trinajstić information content (AvgIpc) is 3.53. The molecule has 2 fully saturated rings. The van der Waals surface area contributed by atoms with Crippen LogP contribution in [0.2, 0.25) is 0 Å². The summed E-state index contributed by atoms with van der Waals surface area (Å²) in [6, 6.07) is 9.23.